The van der Waals surface area contributed by atoms with Gasteiger partial charge in [0.2, 0.25) is 6.29 Å². The van der Waals surface area contributed by atoms with E-state index in [1.54, 1.807) is 0 Å². The summed E-state index contributed by atoms with van der Waals surface area (Å²) in [5.74, 6) is 0.399. The number of rotatable bonds is 10. The van der Waals surface area contributed by atoms with Crippen molar-refractivity contribution in [3.05, 3.63) is 24.3 Å². The van der Waals surface area contributed by atoms with Crippen LogP contribution in [0.1, 0.15) is 27.7 Å². The second kappa shape index (κ2) is 12.4. The smallest absolute Gasteiger partial charge is 0.413 e. The maximum absolute atomic E-state index is 12.5. The molecule has 1 aromatic carbocycles. The number of para-hydroxylation sites is 2. The summed E-state index contributed by atoms with van der Waals surface area (Å²) in [5, 5.41) is 0. The zero-order chi connectivity index (χ0) is 22.8. The Balaban J connectivity index is 1.83. The van der Waals surface area contributed by atoms with E-state index in [-0.39, 0.29) is 25.2 Å². The molecule has 0 aliphatic carbocycles. The summed E-state index contributed by atoms with van der Waals surface area (Å²) in [6, 6.07) is 7.39. The number of hydrogen-bond acceptors (Lipinski definition) is 8. The van der Waals surface area contributed by atoms with Gasteiger partial charge in [-0.3, -0.25) is 4.79 Å². The lowest BCUT2D eigenvalue weighted by Gasteiger charge is -2.33. The van der Waals surface area contributed by atoms with E-state index in [4.69, 9.17) is 29.4 Å². The number of nitrogens with two attached hydrogens (primary N) is 1. The molecule has 1 aromatic rings. The lowest BCUT2D eigenvalue weighted by molar-refractivity contribution is -0.173. The van der Waals surface area contributed by atoms with E-state index < -0.39 is 24.3 Å². The minimum Gasteiger partial charge on any atom is -0.490 e. The normalized spacial score (nSPS) is 18.3. The van der Waals surface area contributed by atoms with Crippen LogP contribution in [0.15, 0.2) is 24.3 Å². The Morgan fingerprint density at radius 1 is 1.16 bits per heavy atom. The molecule has 0 radical (unpaired) electrons. The fourth-order valence-electron chi connectivity index (χ4n) is 3.14. The molecule has 9 nitrogen and oxygen atoms in total. The molecule has 1 fully saturated rings. The van der Waals surface area contributed by atoms with Crippen LogP contribution >= 0.6 is 0 Å². The van der Waals surface area contributed by atoms with E-state index in [2.05, 4.69) is 0 Å². The van der Waals surface area contributed by atoms with Crippen LogP contribution in [0.25, 0.3) is 0 Å². The monoisotopic (exact) mass is 438 g/mol. The first kappa shape index (κ1) is 24.7. The molecule has 174 valence electrons. The third kappa shape index (κ3) is 7.59. The Morgan fingerprint density at radius 2 is 1.84 bits per heavy atom. The standard InChI is InChI=1S/C22H34N2O7/c1-5-27-19-8-6-7-9-20(19)29-14-17-13-24(10-11-28-17)22(26)31-16(4)30-21(25)18(12-23)15(2)3/h6-9,15-18H,5,10-14,23H2,1-4H3. The quantitative estimate of drug-likeness (QED) is 0.438. The van der Waals surface area contributed by atoms with Crippen LogP contribution in [0.3, 0.4) is 0 Å². The number of ether oxygens (including phenoxy) is 5. The molecule has 1 aliphatic rings. The highest BCUT2D eigenvalue weighted by atomic mass is 16.7. The molecule has 1 heterocycles. The first-order chi connectivity index (χ1) is 14.8. The Labute approximate surface area is 183 Å². The van der Waals surface area contributed by atoms with Crippen LogP contribution in [0.4, 0.5) is 4.79 Å². The van der Waals surface area contributed by atoms with Crippen molar-refractivity contribution in [2.45, 2.75) is 40.1 Å². The molecular weight excluding hydrogens is 404 g/mol. The minimum atomic E-state index is -1.01. The molecule has 0 aromatic heterocycles. The Bertz CT molecular complexity index is 713. The predicted molar refractivity (Wildman–Crippen MR) is 114 cm³/mol. The molecule has 1 saturated heterocycles. The predicted octanol–water partition coefficient (Wildman–Crippen LogP) is 2.42. The zero-order valence-corrected chi connectivity index (χ0v) is 18.7. The van der Waals surface area contributed by atoms with Crippen molar-refractivity contribution in [1.82, 2.24) is 4.90 Å². The fourth-order valence-corrected chi connectivity index (χ4v) is 3.14. The van der Waals surface area contributed by atoms with Gasteiger partial charge in [-0.15, -0.1) is 0 Å². The van der Waals surface area contributed by atoms with E-state index in [0.717, 1.165) is 0 Å². The molecule has 0 saturated carbocycles. The van der Waals surface area contributed by atoms with Crippen LogP contribution < -0.4 is 15.2 Å². The highest BCUT2D eigenvalue weighted by Gasteiger charge is 2.29. The van der Waals surface area contributed by atoms with Crippen molar-refractivity contribution in [2.24, 2.45) is 17.6 Å². The van der Waals surface area contributed by atoms with E-state index in [1.165, 1.54) is 11.8 Å². The summed E-state index contributed by atoms with van der Waals surface area (Å²) in [6.07, 6.45) is -1.91. The van der Waals surface area contributed by atoms with Crippen molar-refractivity contribution in [3.63, 3.8) is 0 Å². The van der Waals surface area contributed by atoms with Gasteiger partial charge in [0, 0.05) is 20.0 Å². The molecule has 2 rings (SSSR count). The number of hydrogen-bond donors (Lipinski definition) is 1. The lowest BCUT2D eigenvalue weighted by Crippen LogP contribution is -2.48. The molecule has 3 unspecified atom stereocenters. The van der Waals surface area contributed by atoms with Crippen molar-refractivity contribution in [3.8, 4) is 11.5 Å². The van der Waals surface area contributed by atoms with E-state index in [9.17, 15) is 9.59 Å². The Hall–Kier alpha value is -2.52. The zero-order valence-electron chi connectivity index (χ0n) is 18.7. The second-order valence-electron chi connectivity index (χ2n) is 7.60. The maximum Gasteiger partial charge on any atom is 0.413 e. The summed E-state index contributed by atoms with van der Waals surface area (Å²) >= 11 is 0. The first-order valence-corrected chi connectivity index (χ1v) is 10.7. The molecule has 0 bridgehead atoms. The first-order valence-electron chi connectivity index (χ1n) is 10.7. The van der Waals surface area contributed by atoms with E-state index in [0.29, 0.717) is 37.8 Å². The number of morpholine rings is 1. The second-order valence-corrected chi connectivity index (χ2v) is 7.60. The van der Waals surface area contributed by atoms with Gasteiger partial charge < -0.3 is 34.3 Å². The Morgan fingerprint density at radius 3 is 2.45 bits per heavy atom. The van der Waals surface area contributed by atoms with Crippen molar-refractivity contribution < 1.29 is 33.3 Å². The highest BCUT2D eigenvalue weighted by Crippen LogP contribution is 2.26. The third-order valence-corrected chi connectivity index (χ3v) is 4.88. The van der Waals surface area contributed by atoms with Crippen molar-refractivity contribution >= 4 is 12.1 Å². The average molecular weight is 439 g/mol. The molecule has 3 atom stereocenters. The highest BCUT2D eigenvalue weighted by molar-refractivity contribution is 5.73. The van der Waals surface area contributed by atoms with Crippen molar-refractivity contribution in [1.29, 1.82) is 0 Å². The summed E-state index contributed by atoms with van der Waals surface area (Å²) in [7, 11) is 0. The van der Waals surface area contributed by atoms with Crippen molar-refractivity contribution in [2.75, 3.05) is 39.5 Å². The molecule has 0 spiro atoms. The molecule has 1 amide bonds. The van der Waals surface area contributed by atoms with Crippen LogP contribution in [0.5, 0.6) is 11.5 Å². The Kier molecular flexibility index (Phi) is 9.87. The largest absolute Gasteiger partial charge is 0.490 e. The van der Waals surface area contributed by atoms with Gasteiger partial charge in [0.1, 0.15) is 12.7 Å². The summed E-state index contributed by atoms with van der Waals surface area (Å²) in [4.78, 5) is 26.2. The molecule has 1 aliphatic heterocycles. The van der Waals surface area contributed by atoms with Crippen LogP contribution in [-0.2, 0) is 19.0 Å². The number of carbonyl (C=O) groups excluding carboxylic acids is 2. The molecular formula is C22H34N2O7. The van der Waals surface area contributed by atoms with Crippen LogP contribution in [0.2, 0.25) is 0 Å². The number of esters is 1. The third-order valence-electron chi connectivity index (χ3n) is 4.88. The fraction of sp³-hybridized carbons (Fsp3) is 0.636. The van der Waals surface area contributed by atoms with E-state index >= 15 is 0 Å². The van der Waals surface area contributed by atoms with Gasteiger partial charge >= 0.3 is 12.1 Å². The number of carbonyl (C=O) groups is 2. The molecule has 2 N–H and O–H groups in total. The topological polar surface area (TPSA) is 110 Å². The number of nitrogens with zero attached hydrogens (tertiary/aromatic N) is 1. The van der Waals surface area contributed by atoms with Gasteiger partial charge in [-0.05, 0) is 25.0 Å². The minimum absolute atomic E-state index is 0.0354. The number of benzene rings is 1. The summed E-state index contributed by atoms with van der Waals surface area (Å²) in [5.41, 5.74) is 5.63. The summed E-state index contributed by atoms with van der Waals surface area (Å²) < 4.78 is 27.6. The van der Waals surface area contributed by atoms with Crippen LogP contribution in [-0.4, -0.2) is 68.8 Å². The SMILES string of the molecule is CCOc1ccccc1OCC1CN(C(=O)OC(C)OC(=O)C(CN)C(C)C)CCO1. The van der Waals surface area contributed by atoms with Gasteiger partial charge in [-0.1, -0.05) is 26.0 Å². The molecule has 9 heteroatoms. The summed E-state index contributed by atoms with van der Waals surface area (Å²) in [6.45, 7) is 9.18. The number of amides is 1. The van der Waals surface area contributed by atoms with Gasteiger partial charge in [0.15, 0.2) is 11.5 Å². The van der Waals surface area contributed by atoms with Gasteiger partial charge in [0.25, 0.3) is 0 Å². The van der Waals surface area contributed by atoms with Gasteiger partial charge in [0.05, 0.1) is 25.7 Å². The van der Waals surface area contributed by atoms with Gasteiger partial charge in [-0.25, -0.2) is 4.79 Å². The maximum atomic E-state index is 12.5. The average Bonchev–Trinajstić information content (AvgIpc) is 2.73. The molecule has 31 heavy (non-hydrogen) atoms. The van der Waals surface area contributed by atoms with E-state index in [1.807, 2.05) is 45.0 Å². The van der Waals surface area contributed by atoms with Gasteiger partial charge in [-0.2, -0.15) is 0 Å². The van der Waals surface area contributed by atoms with Crippen LogP contribution in [0, 0.1) is 11.8 Å². The lowest BCUT2D eigenvalue weighted by atomic mass is 9.96.